The van der Waals surface area contributed by atoms with E-state index >= 15 is 0 Å². The highest BCUT2D eigenvalue weighted by Crippen LogP contribution is 2.24. The van der Waals surface area contributed by atoms with E-state index in [-0.39, 0.29) is 5.56 Å². The molecule has 1 aromatic carbocycles. The summed E-state index contributed by atoms with van der Waals surface area (Å²) in [4.78, 5) is 4.20. The predicted molar refractivity (Wildman–Crippen MR) is 74.2 cm³/mol. The predicted octanol–water partition coefficient (Wildman–Crippen LogP) is 2.82. The standard InChI is InChI=1S/C14H13FN4O/c1-2-20-14-12(17)5-6-13(19-14)18-10-3-4-11(15)9(7-10)8-16/h3-7H,2,17H2,1H3,(H,18,19). The van der Waals surface area contributed by atoms with Gasteiger partial charge in [0.15, 0.2) is 0 Å². The first-order valence-electron chi connectivity index (χ1n) is 6.00. The lowest BCUT2D eigenvalue weighted by Gasteiger charge is -2.10. The van der Waals surface area contributed by atoms with E-state index in [0.29, 0.717) is 29.7 Å². The fraction of sp³-hybridized carbons (Fsp3) is 0.143. The summed E-state index contributed by atoms with van der Waals surface area (Å²) in [6, 6.07) is 9.27. The third kappa shape index (κ3) is 2.95. The van der Waals surface area contributed by atoms with Crippen molar-refractivity contribution in [1.29, 1.82) is 5.26 Å². The van der Waals surface area contributed by atoms with Crippen molar-refractivity contribution in [3.63, 3.8) is 0 Å². The lowest BCUT2D eigenvalue weighted by atomic mass is 10.2. The van der Waals surface area contributed by atoms with Gasteiger partial charge in [0.05, 0.1) is 17.9 Å². The molecule has 1 heterocycles. The van der Waals surface area contributed by atoms with Crippen LogP contribution in [0.1, 0.15) is 12.5 Å². The third-order valence-electron chi connectivity index (χ3n) is 2.53. The molecular weight excluding hydrogens is 259 g/mol. The lowest BCUT2D eigenvalue weighted by molar-refractivity contribution is 0.329. The van der Waals surface area contributed by atoms with Crippen molar-refractivity contribution < 1.29 is 9.13 Å². The van der Waals surface area contributed by atoms with Crippen LogP contribution < -0.4 is 15.8 Å². The van der Waals surface area contributed by atoms with Crippen LogP contribution in [0.15, 0.2) is 30.3 Å². The van der Waals surface area contributed by atoms with E-state index in [9.17, 15) is 4.39 Å². The fourth-order valence-corrected chi connectivity index (χ4v) is 1.61. The molecule has 0 saturated carbocycles. The number of benzene rings is 1. The summed E-state index contributed by atoms with van der Waals surface area (Å²) in [6.07, 6.45) is 0. The second-order valence-corrected chi connectivity index (χ2v) is 3.96. The summed E-state index contributed by atoms with van der Waals surface area (Å²) in [6.45, 7) is 2.29. The molecule has 102 valence electrons. The van der Waals surface area contributed by atoms with E-state index in [1.165, 1.54) is 18.2 Å². The Balaban J connectivity index is 2.26. The van der Waals surface area contributed by atoms with Crippen LogP contribution in [-0.4, -0.2) is 11.6 Å². The largest absolute Gasteiger partial charge is 0.476 e. The van der Waals surface area contributed by atoms with E-state index in [0.717, 1.165) is 0 Å². The van der Waals surface area contributed by atoms with Crippen LogP contribution in [0.2, 0.25) is 0 Å². The van der Waals surface area contributed by atoms with Gasteiger partial charge in [-0.15, -0.1) is 0 Å². The second-order valence-electron chi connectivity index (χ2n) is 3.96. The van der Waals surface area contributed by atoms with Crippen molar-refractivity contribution in [2.24, 2.45) is 0 Å². The second kappa shape index (κ2) is 5.89. The Hall–Kier alpha value is -2.81. The maximum Gasteiger partial charge on any atom is 0.239 e. The number of nitrogens with zero attached hydrogens (tertiary/aromatic N) is 2. The van der Waals surface area contributed by atoms with E-state index < -0.39 is 5.82 Å². The summed E-state index contributed by atoms with van der Waals surface area (Å²) < 4.78 is 18.5. The van der Waals surface area contributed by atoms with Crippen molar-refractivity contribution in [1.82, 2.24) is 4.98 Å². The summed E-state index contributed by atoms with van der Waals surface area (Å²) >= 11 is 0. The summed E-state index contributed by atoms with van der Waals surface area (Å²) in [5.74, 6) is 0.275. The molecule has 20 heavy (non-hydrogen) atoms. The van der Waals surface area contributed by atoms with E-state index in [1.54, 1.807) is 18.2 Å². The minimum absolute atomic E-state index is 0.0320. The van der Waals surface area contributed by atoms with Gasteiger partial charge in [0.1, 0.15) is 17.7 Å². The molecule has 0 amide bonds. The monoisotopic (exact) mass is 272 g/mol. The quantitative estimate of drug-likeness (QED) is 0.894. The number of hydrogen-bond acceptors (Lipinski definition) is 5. The molecule has 0 saturated heterocycles. The summed E-state index contributed by atoms with van der Waals surface area (Å²) in [7, 11) is 0. The minimum atomic E-state index is -0.557. The van der Waals surface area contributed by atoms with Gasteiger partial charge in [0, 0.05) is 5.69 Å². The normalized spacial score (nSPS) is 9.85. The van der Waals surface area contributed by atoms with Gasteiger partial charge in [-0.25, -0.2) is 4.39 Å². The molecule has 3 N–H and O–H groups in total. The highest BCUT2D eigenvalue weighted by Gasteiger charge is 2.06. The van der Waals surface area contributed by atoms with Crippen LogP contribution in [-0.2, 0) is 0 Å². The number of nitrogen functional groups attached to an aromatic ring is 1. The zero-order valence-corrected chi connectivity index (χ0v) is 10.9. The number of halogens is 1. The average Bonchev–Trinajstić information content (AvgIpc) is 2.45. The van der Waals surface area contributed by atoms with Crippen LogP contribution in [0, 0.1) is 17.1 Å². The first-order chi connectivity index (χ1) is 9.63. The maximum absolute atomic E-state index is 13.2. The van der Waals surface area contributed by atoms with Gasteiger partial charge in [0.2, 0.25) is 5.88 Å². The van der Waals surface area contributed by atoms with Crippen LogP contribution in [0.25, 0.3) is 0 Å². The number of hydrogen-bond donors (Lipinski definition) is 2. The molecule has 0 bridgehead atoms. The van der Waals surface area contributed by atoms with Gasteiger partial charge < -0.3 is 15.8 Å². The van der Waals surface area contributed by atoms with Crippen molar-refractivity contribution in [3.8, 4) is 11.9 Å². The first kappa shape index (κ1) is 13.6. The van der Waals surface area contributed by atoms with Gasteiger partial charge in [-0.1, -0.05) is 0 Å². The Labute approximate surface area is 115 Å². The molecular formula is C14H13FN4O. The lowest BCUT2D eigenvalue weighted by Crippen LogP contribution is -2.02. The van der Waals surface area contributed by atoms with Crippen molar-refractivity contribution >= 4 is 17.2 Å². The van der Waals surface area contributed by atoms with Gasteiger partial charge in [-0.2, -0.15) is 10.2 Å². The zero-order valence-electron chi connectivity index (χ0n) is 10.9. The SMILES string of the molecule is CCOc1nc(Nc2ccc(F)c(C#N)c2)ccc1N. The molecule has 5 nitrogen and oxygen atoms in total. The summed E-state index contributed by atoms with van der Waals surface area (Å²) in [5.41, 5.74) is 6.69. The number of pyridine rings is 1. The molecule has 2 aromatic rings. The maximum atomic E-state index is 13.2. The molecule has 1 aromatic heterocycles. The smallest absolute Gasteiger partial charge is 0.239 e. The van der Waals surface area contributed by atoms with E-state index in [2.05, 4.69) is 10.3 Å². The first-order valence-corrected chi connectivity index (χ1v) is 6.00. The Morgan fingerprint density at radius 3 is 2.90 bits per heavy atom. The van der Waals surface area contributed by atoms with Crippen LogP contribution in [0.3, 0.4) is 0 Å². The van der Waals surface area contributed by atoms with Gasteiger partial charge in [-0.3, -0.25) is 0 Å². The molecule has 0 aliphatic rings. The molecule has 0 radical (unpaired) electrons. The van der Waals surface area contributed by atoms with Gasteiger partial charge in [0.25, 0.3) is 0 Å². The number of anilines is 3. The Bertz CT molecular complexity index is 667. The average molecular weight is 272 g/mol. The topological polar surface area (TPSA) is 84.0 Å². The molecule has 6 heteroatoms. The zero-order chi connectivity index (χ0) is 14.5. The Kier molecular flexibility index (Phi) is 4.01. The molecule has 0 atom stereocenters. The number of aromatic nitrogens is 1. The molecule has 0 aliphatic carbocycles. The third-order valence-corrected chi connectivity index (χ3v) is 2.53. The summed E-state index contributed by atoms with van der Waals surface area (Å²) in [5, 5.41) is 11.8. The van der Waals surface area contributed by atoms with Crippen molar-refractivity contribution in [2.75, 3.05) is 17.7 Å². The van der Waals surface area contributed by atoms with Crippen molar-refractivity contribution in [2.45, 2.75) is 6.92 Å². The Morgan fingerprint density at radius 1 is 1.40 bits per heavy atom. The number of nitriles is 1. The minimum Gasteiger partial charge on any atom is -0.476 e. The molecule has 2 rings (SSSR count). The molecule has 0 aliphatic heterocycles. The van der Waals surface area contributed by atoms with Crippen LogP contribution in [0.5, 0.6) is 5.88 Å². The molecule has 0 spiro atoms. The highest BCUT2D eigenvalue weighted by atomic mass is 19.1. The van der Waals surface area contributed by atoms with Crippen LogP contribution >= 0.6 is 0 Å². The van der Waals surface area contributed by atoms with Crippen LogP contribution in [0.4, 0.5) is 21.6 Å². The molecule has 0 unspecified atom stereocenters. The van der Waals surface area contributed by atoms with E-state index in [4.69, 9.17) is 15.7 Å². The number of nitrogens with one attached hydrogen (secondary N) is 1. The van der Waals surface area contributed by atoms with Crippen molar-refractivity contribution in [3.05, 3.63) is 41.7 Å². The van der Waals surface area contributed by atoms with Gasteiger partial charge in [-0.05, 0) is 37.3 Å². The molecule has 0 fully saturated rings. The van der Waals surface area contributed by atoms with Gasteiger partial charge >= 0.3 is 0 Å². The van der Waals surface area contributed by atoms with E-state index in [1.807, 2.05) is 6.92 Å². The number of ether oxygens (including phenoxy) is 1. The number of nitrogens with two attached hydrogens (primary N) is 1. The fourth-order valence-electron chi connectivity index (χ4n) is 1.61. The highest BCUT2D eigenvalue weighted by molar-refractivity contribution is 5.62. The Morgan fingerprint density at radius 2 is 2.20 bits per heavy atom. The number of rotatable bonds is 4.